The lowest BCUT2D eigenvalue weighted by atomic mass is 9.77. The van der Waals surface area contributed by atoms with Crippen LogP contribution in [0.3, 0.4) is 0 Å². The van der Waals surface area contributed by atoms with Gasteiger partial charge in [-0.1, -0.05) is 12.7 Å². The molecule has 1 fully saturated rings. The average Bonchev–Trinajstić information content (AvgIpc) is 2.43. The zero-order valence-corrected chi connectivity index (χ0v) is 11.4. The lowest BCUT2D eigenvalue weighted by Crippen LogP contribution is -2.46. The van der Waals surface area contributed by atoms with E-state index in [0.717, 1.165) is 0 Å². The lowest BCUT2D eigenvalue weighted by Gasteiger charge is -2.38. The van der Waals surface area contributed by atoms with Crippen molar-refractivity contribution in [3.8, 4) is 0 Å². The monoisotopic (exact) mass is 280 g/mol. The van der Waals surface area contributed by atoms with Gasteiger partial charge in [-0.05, 0) is 13.3 Å². The summed E-state index contributed by atoms with van der Waals surface area (Å²) in [7, 11) is 1.28. The first-order chi connectivity index (χ1) is 9.43. The second-order valence-corrected chi connectivity index (χ2v) is 4.94. The summed E-state index contributed by atoms with van der Waals surface area (Å²) in [6.45, 7) is 5.15. The van der Waals surface area contributed by atoms with E-state index in [1.54, 1.807) is 13.0 Å². The van der Waals surface area contributed by atoms with Gasteiger partial charge in [-0.15, -0.1) is 0 Å². The van der Waals surface area contributed by atoms with E-state index in [4.69, 9.17) is 9.47 Å². The Bertz CT molecular complexity index is 504. The molecule has 0 aromatic carbocycles. The van der Waals surface area contributed by atoms with Crippen LogP contribution in [0.15, 0.2) is 23.8 Å². The van der Waals surface area contributed by atoms with Crippen LogP contribution in [0.5, 0.6) is 0 Å². The van der Waals surface area contributed by atoms with Crippen molar-refractivity contribution in [1.29, 1.82) is 0 Å². The fraction of sp³-hybridized carbons (Fsp3) is 0.500. The van der Waals surface area contributed by atoms with Crippen molar-refractivity contribution in [3.05, 3.63) is 23.8 Å². The number of methoxy groups -OCH3 is 1. The van der Waals surface area contributed by atoms with Crippen LogP contribution in [-0.4, -0.2) is 37.7 Å². The molecule has 0 radical (unpaired) electrons. The number of carbonyl (C=O) groups excluding carboxylic acids is 3. The number of hydrogen-bond acceptors (Lipinski definition) is 6. The molecule has 6 nitrogen and oxygen atoms in total. The van der Waals surface area contributed by atoms with Crippen molar-refractivity contribution in [2.75, 3.05) is 13.7 Å². The number of fused-ring (bicyclic) bond motifs is 2. The molecule has 3 atom stereocenters. The van der Waals surface area contributed by atoms with Gasteiger partial charge < -0.3 is 14.2 Å². The normalized spacial score (nSPS) is 27.4. The van der Waals surface area contributed by atoms with Crippen molar-refractivity contribution in [2.24, 2.45) is 11.8 Å². The highest BCUT2D eigenvalue weighted by Gasteiger charge is 2.46. The molecule has 3 rings (SSSR count). The van der Waals surface area contributed by atoms with Crippen LogP contribution in [0, 0.1) is 11.8 Å². The van der Waals surface area contributed by atoms with Crippen molar-refractivity contribution < 1.29 is 28.6 Å². The maximum Gasteiger partial charge on any atom is 0.337 e. The highest BCUT2D eigenvalue weighted by molar-refractivity contribution is 5.93. The van der Waals surface area contributed by atoms with Gasteiger partial charge in [0.15, 0.2) is 0 Å². The van der Waals surface area contributed by atoms with Gasteiger partial charge in [0, 0.05) is 11.5 Å². The first kappa shape index (κ1) is 14.3. The summed E-state index contributed by atoms with van der Waals surface area (Å²) in [5.74, 6) is -2.14. The quantitative estimate of drug-likeness (QED) is 0.430. The molecule has 0 amide bonds. The van der Waals surface area contributed by atoms with Crippen LogP contribution in [0.25, 0.3) is 0 Å². The molecule has 0 spiro atoms. The smallest absolute Gasteiger partial charge is 0.337 e. The van der Waals surface area contributed by atoms with Crippen molar-refractivity contribution >= 4 is 17.9 Å². The molecular weight excluding hydrogens is 264 g/mol. The van der Waals surface area contributed by atoms with Crippen LogP contribution in [0.2, 0.25) is 0 Å². The molecule has 1 aliphatic carbocycles. The van der Waals surface area contributed by atoms with E-state index < -0.39 is 29.9 Å². The fourth-order valence-corrected chi connectivity index (χ4v) is 2.37. The molecule has 2 bridgehead atoms. The lowest BCUT2D eigenvalue weighted by molar-refractivity contribution is -0.167. The first-order valence-corrected chi connectivity index (χ1v) is 6.27. The summed E-state index contributed by atoms with van der Waals surface area (Å²) in [6.07, 6.45) is 1.39. The Morgan fingerprint density at radius 1 is 1.50 bits per heavy atom. The molecule has 0 aromatic heterocycles. The van der Waals surface area contributed by atoms with E-state index in [1.807, 2.05) is 0 Å². The Morgan fingerprint density at radius 3 is 2.75 bits per heavy atom. The van der Waals surface area contributed by atoms with Crippen molar-refractivity contribution in [1.82, 2.24) is 0 Å². The number of esters is 3. The Hall–Kier alpha value is -2.11. The number of carbonyl (C=O) groups is 3. The molecule has 2 aliphatic heterocycles. The predicted octanol–water partition coefficient (Wildman–Crippen LogP) is 0.767. The van der Waals surface area contributed by atoms with E-state index in [9.17, 15) is 14.4 Å². The summed E-state index contributed by atoms with van der Waals surface area (Å²) in [5.41, 5.74) is 0.666. The van der Waals surface area contributed by atoms with Crippen molar-refractivity contribution in [2.45, 2.75) is 19.4 Å². The molecule has 3 aliphatic rings. The predicted molar refractivity (Wildman–Crippen MR) is 67.3 cm³/mol. The molecule has 1 saturated heterocycles. The fourth-order valence-electron chi connectivity index (χ4n) is 2.37. The zero-order valence-electron chi connectivity index (χ0n) is 11.4. The molecule has 6 heteroatoms. The molecule has 0 saturated carbocycles. The highest BCUT2D eigenvalue weighted by atomic mass is 16.6. The highest BCUT2D eigenvalue weighted by Crippen LogP contribution is 2.38. The topological polar surface area (TPSA) is 78.9 Å². The molecule has 20 heavy (non-hydrogen) atoms. The molecule has 0 aromatic rings. The van der Waals surface area contributed by atoms with Crippen molar-refractivity contribution in [3.63, 3.8) is 0 Å². The van der Waals surface area contributed by atoms with Gasteiger partial charge >= 0.3 is 17.9 Å². The summed E-state index contributed by atoms with van der Waals surface area (Å²) in [6, 6.07) is 0. The maximum absolute atomic E-state index is 11.7. The third kappa shape index (κ3) is 2.59. The summed E-state index contributed by atoms with van der Waals surface area (Å²) in [4.78, 5) is 34.6. The van der Waals surface area contributed by atoms with Gasteiger partial charge in [0.1, 0.15) is 6.10 Å². The van der Waals surface area contributed by atoms with Crippen LogP contribution in [0.4, 0.5) is 0 Å². The third-order valence-electron chi connectivity index (χ3n) is 3.46. The van der Waals surface area contributed by atoms with Gasteiger partial charge in [0.05, 0.1) is 25.2 Å². The van der Waals surface area contributed by atoms with E-state index in [0.29, 0.717) is 17.6 Å². The summed E-state index contributed by atoms with van der Waals surface area (Å²) in [5, 5.41) is 0. The Balaban J connectivity index is 2.07. The molecule has 2 heterocycles. The molecule has 108 valence electrons. The van der Waals surface area contributed by atoms with E-state index >= 15 is 0 Å². The van der Waals surface area contributed by atoms with Gasteiger partial charge in [0.25, 0.3) is 0 Å². The van der Waals surface area contributed by atoms with Gasteiger partial charge in [-0.2, -0.15) is 0 Å². The Labute approximate surface area is 116 Å². The van der Waals surface area contributed by atoms with Gasteiger partial charge in [0.2, 0.25) is 0 Å². The van der Waals surface area contributed by atoms with Crippen LogP contribution in [0.1, 0.15) is 13.3 Å². The minimum atomic E-state index is -0.617. The molecule has 0 unspecified atom stereocenters. The average molecular weight is 280 g/mol. The van der Waals surface area contributed by atoms with Gasteiger partial charge in [-0.3, -0.25) is 4.79 Å². The van der Waals surface area contributed by atoms with Gasteiger partial charge in [-0.25, -0.2) is 9.59 Å². The number of rotatable bonds is 4. The first-order valence-electron chi connectivity index (χ1n) is 6.27. The maximum atomic E-state index is 11.7. The SMILES string of the molecule is C=C(C)C(=O)OC[C@H]1C[C@@H]2OC(=O)[C@H]1C=C2C(=O)OC. The Morgan fingerprint density at radius 2 is 2.20 bits per heavy atom. The zero-order chi connectivity index (χ0) is 14.9. The molecule has 0 N–H and O–H groups in total. The standard InChI is InChI=1S/C14H16O6/c1-7(2)12(15)19-6-8-4-11-10(13(16)18-3)5-9(8)14(17)20-11/h5,8-9,11H,1,4,6H2,2-3H3/t8-,9+,11+/m1/s1. The Kier molecular flexibility index (Phi) is 3.92. The van der Waals surface area contributed by atoms with E-state index in [-0.39, 0.29) is 12.5 Å². The van der Waals surface area contributed by atoms with Crippen LogP contribution >= 0.6 is 0 Å². The third-order valence-corrected chi connectivity index (χ3v) is 3.46. The van der Waals surface area contributed by atoms with Crippen LogP contribution in [-0.2, 0) is 28.6 Å². The van der Waals surface area contributed by atoms with E-state index in [2.05, 4.69) is 11.3 Å². The molecular formula is C14H16O6. The van der Waals surface area contributed by atoms with E-state index in [1.165, 1.54) is 7.11 Å². The number of ether oxygens (including phenoxy) is 3. The summed E-state index contributed by atoms with van der Waals surface area (Å²) >= 11 is 0. The summed E-state index contributed by atoms with van der Waals surface area (Å²) < 4.78 is 14.9. The minimum absolute atomic E-state index is 0.104. The number of hydrogen-bond donors (Lipinski definition) is 0. The van der Waals surface area contributed by atoms with Crippen LogP contribution < -0.4 is 0 Å². The largest absolute Gasteiger partial charge is 0.466 e. The second kappa shape index (κ2) is 5.48. The minimum Gasteiger partial charge on any atom is -0.466 e. The second-order valence-electron chi connectivity index (χ2n) is 4.94.